The second-order valence-electron chi connectivity index (χ2n) is 6.07. The highest BCUT2D eigenvalue weighted by Gasteiger charge is 2.24. The minimum absolute atomic E-state index is 0.0653. The molecule has 122 valence electrons. The standard InChI is InChI=1S/C17H25FN2O2/c1-13(2)16(20-6-8-22-9-7-20)12-19-17(21)11-14-4-3-5-15(18)10-14/h3-5,10,13,16H,6-9,11-12H2,1-2H3,(H,19,21)/t16-/m1/s1. The number of carbonyl (C=O) groups is 1. The lowest BCUT2D eigenvalue weighted by atomic mass is 10.0. The van der Waals surface area contributed by atoms with E-state index in [0.29, 0.717) is 24.1 Å². The fourth-order valence-electron chi connectivity index (χ4n) is 2.81. The van der Waals surface area contributed by atoms with E-state index in [4.69, 9.17) is 4.74 Å². The van der Waals surface area contributed by atoms with Crippen LogP contribution in [-0.4, -0.2) is 49.7 Å². The molecule has 0 bridgehead atoms. The van der Waals surface area contributed by atoms with Crippen LogP contribution < -0.4 is 5.32 Å². The third-order valence-corrected chi connectivity index (χ3v) is 4.05. The fraction of sp³-hybridized carbons (Fsp3) is 0.588. The van der Waals surface area contributed by atoms with Crippen LogP contribution in [0.5, 0.6) is 0 Å². The Bertz CT molecular complexity index is 487. The number of nitrogens with one attached hydrogen (secondary N) is 1. The first-order chi connectivity index (χ1) is 10.6. The van der Waals surface area contributed by atoms with Crippen molar-refractivity contribution < 1.29 is 13.9 Å². The molecule has 22 heavy (non-hydrogen) atoms. The molecule has 0 unspecified atom stereocenters. The smallest absolute Gasteiger partial charge is 0.224 e. The normalized spacial score (nSPS) is 17.5. The molecule has 0 spiro atoms. The molecular formula is C17H25FN2O2. The molecule has 1 aromatic rings. The summed E-state index contributed by atoms with van der Waals surface area (Å²) in [5.74, 6) is 0.0794. The second-order valence-corrected chi connectivity index (χ2v) is 6.07. The lowest BCUT2D eigenvalue weighted by Gasteiger charge is -2.36. The Morgan fingerprint density at radius 2 is 2.09 bits per heavy atom. The molecule has 0 radical (unpaired) electrons. The third kappa shape index (κ3) is 5.07. The highest BCUT2D eigenvalue weighted by atomic mass is 19.1. The predicted octanol–water partition coefficient (Wildman–Crippen LogP) is 1.84. The van der Waals surface area contributed by atoms with Crippen molar-refractivity contribution in [2.45, 2.75) is 26.3 Å². The van der Waals surface area contributed by atoms with Gasteiger partial charge >= 0.3 is 0 Å². The van der Waals surface area contributed by atoms with Crippen LogP contribution in [0.25, 0.3) is 0 Å². The quantitative estimate of drug-likeness (QED) is 0.872. The number of morpholine rings is 1. The van der Waals surface area contributed by atoms with Crippen molar-refractivity contribution in [3.05, 3.63) is 35.6 Å². The lowest BCUT2D eigenvalue weighted by Crippen LogP contribution is -2.51. The monoisotopic (exact) mass is 308 g/mol. The molecule has 0 saturated carbocycles. The number of nitrogens with zero attached hydrogens (tertiary/aromatic N) is 1. The Kier molecular flexibility index (Phi) is 6.34. The van der Waals surface area contributed by atoms with Crippen molar-refractivity contribution in [3.8, 4) is 0 Å². The zero-order valence-corrected chi connectivity index (χ0v) is 13.3. The van der Waals surface area contributed by atoms with E-state index in [1.54, 1.807) is 12.1 Å². The molecule has 1 N–H and O–H groups in total. The van der Waals surface area contributed by atoms with Crippen LogP contribution in [0.4, 0.5) is 4.39 Å². The van der Waals surface area contributed by atoms with E-state index in [9.17, 15) is 9.18 Å². The number of amides is 1. The first-order valence-electron chi connectivity index (χ1n) is 7.89. The summed E-state index contributed by atoms with van der Waals surface area (Å²) in [6, 6.07) is 6.49. The van der Waals surface area contributed by atoms with Gasteiger partial charge < -0.3 is 10.1 Å². The zero-order chi connectivity index (χ0) is 15.9. The number of ether oxygens (including phenoxy) is 1. The van der Waals surface area contributed by atoms with E-state index in [-0.39, 0.29) is 18.1 Å². The van der Waals surface area contributed by atoms with E-state index < -0.39 is 0 Å². The molecule has 1 saturated heterocycles. The largest absolute Gasteiger partial charge is 0.379 e. The van der Waals surface area contributed by atoms with Crippen molar-refractivity contribution in [2.75, 3.05) is 32.8 Å². The molecule has 2 rings (SSSR count). The molecule has 1 aromatic carbocycles. The summed E-state index contributed by atoms with van der Waals surface area (Å²) in [7, 11) is 0. The Morgan fingerprint density at radius 3 is 2.73 bits per heavy atom. The van der Waals surface area contributed by atoms with Gasteiger partial charge in [0.2, 0.25) is 5.91 Å². The molecule has 4 nitrogen and oxygen atoms in total. The van der Waals surface area contributed by atoms with Crippen LogP contribution >= 0.6 is 0 Å². The molecule has 1 aliphatic rings. The fourth-order valence-corrected chi connectivity index (χ4v) is 2.81. The third-order valence-electron chi connectivity index (χ3n) is 4.05. The van der Waals surface area contributed by atoms with Crippen LogP contribution in [0, 0.1) is 11.7 Å². The summed E-state index contributed by atoms with van der Waals surface area (Å²) in [6.07, 6.45) is 0.214. The Labute approximate surface area is 131 Å². The number of rotatable bonds is 6. The minimum atomic E-state index is -0.307. The van der Waals surface area contributed by atoms with E-state index in [0.717, 1.165) is 26.3 Å². The number of hydrogen-bond acceptors (Lipinski definition) is 3. The lowest BCUT2D eigenvalue weighted by molar-refractivity contribution is -0.120. The van der Waals surface area contributed by atoms with Crippen molar-refractivity contribution in [1.82, 2.24) is 10.2 Å². The number of halogens is 1. The van der Waals surface area contributed by atoms with Gasteiger partial charge in [0, 0.05) is 25.7 Å². The maximum atomic E-state index is 13.1. The van der Waals surface area contributed by atoms with Crippen molar-refractivity contribution >= 4 is 5.91 Å². The Hall–Kier alpha value is -1.46. The van der Waals surface area contributed by atoms with E-state index >= 15 is 0 Å². The van der Waals surface area contributed by atoms with E-state index in [1.807, 2.05) is 0 Å². The van der Waals surface area contributed by atoms with Gasteiger partial charge in [0.05, 0.1) is 19.6 Å². The van der Waals surface area contributed by atoms with Gasteiger partial charge in [-0.3, -0.25) is 9.69 Å². The van der Waals surface area contributed by atoms with Gasteiger partial charge in [0.1, 0.15) is 5.82 Å². The Balaban J connectivity index is 1.84. The van der Waals surface area contributed by atoms with Crippen LogP contribution in [0.15, 0.2) is 24.3 Å². The minimum Gasteiger partial charge on any atom is -0.379 e. The molecular weight excluding hydrogens is 283 g/mol. The van der Waals surface area contributed by atoms with Gasteiger partial charge in [-0.25, -0.2) is 4.39 Å². The van der Waals surface area contributed by atoms with Crippen molar-refractivity contribution in [1.29, 1.82) is 0 Å². The van der Waals surface area contributed by atoms with Crippen LogP contribution in [-0.2, 0) is 16.0 Å². The summed E-state index contributed by atoms with van der Waals surface area (Å²) in [5.41, 5.74) is 0.699. The molecule has 1 atom stereocenters. The zero-order valence-electron chi connectivity index (χ0n) is 13.3. The maximum absolute atomic E-state index is 13.1. The number of carbonyl (C=O) groups excluding carboxylic acids is 1. The summed E-state index contributed by atoms with van der Waals surface area (Å²) < 4.78 is 18.5. The first-order valence-corrected chi connectivity index (χ1v) is 7.89. The summed E-state index contributed by atoms with van der Waals surface area (Å²) in [6.45, 7) is 8.26. The molecule has 1 fully saturated rings. The predicted molar refractivity (Wildman–Crippen MR) is 84.1 cm³/mol. The van der Waals surface area contributed by atoms with Gasteiger partial charge in [-0.2, -0.15) is 0 Å². The number of benzene rings is 1. The van der Waals surface area contributed by atoms with Crippen molar-refractivity contribution in [2.24, 2.45) is 5.92 Å². The molecule has 5 heteroatoms. The van der Waals surface area contributed by atoms with Gasteiger partial charge in [0.15, 0.2) is 0 Å². The van der Waals surface area contributed by atoms with E-state index in [1.165, 1.54) is 12.1 Å². The molecule has 1 heterocycles. The molecule has 0 aliphatic carbocycles. The molecule has 1 aliphatic heterocycles. The topological polar surface area (TPSA) is 41.6 Å². The highest BCUT2D eigenvalue weighted by molar-refractivity contribution is 5.78. The average molecular weight is 308 g/mol. The summed E-state index contributed by atoms with van der Waals surface area (Å²) in [5, 5.41) is 2.99. The van der Waals surface area contributed by atoms with Gasteiger partial charge in [0.25, 0.3) is 0 Å². The Morgan fingerprint density at radius 1 is 1.36 bits per heavy atom. The first kappa shape index (κ1) is 16.9. The van der Waals surface area contributed by atoms with Gasteiger partial charge in [-0.1, -0.05) is 26.0 Å². The van der Waals surface area contributed by atoms with Crippen LogP contribution in [0.3, 0.4) is 0 Å². The highest BCUT2D eigenvalue weighted by Crippen LogP contribution is 2.12. The average Bonchev–Trinajstić information content (AvgIpc) is 2.48. The molecule has 1 amide bonds. The summed E-state index contributed by atoms with van der Waals surface area (Å²) >= 11 is 0. The van der Waals surface area contributed by atoms with Gasteiger partial charge in [-0.15, -0.1) is 0 Å². The summed E-state index contributed by atoms with van der Waals surface area (Å²) in [4.78, 5) is 14.4. The SMILES string of the molecule is CC(C)[C@@H](CNC(=O)Cc1cccc(F)c1)N1CCOCC1. The van der Waals surface area contributed by atoms with E-state index in [2.05, 4.69) is 24.1 Å². The molecule has 0 aromatic heterocycles. The maximum Gasteiger partial charge on any atom is 0.224 e. The second kappa shape index (κ2) is 8.25. The number of hydrogen-bond donors (Lipinski definition) is 1. The van der Waals surface area contributed by atoms with Crippen LogP contribution in [0.2, 0.25) is 0 Å². The van der Waals surface area contributed by atoms with Gasteiger partial charge in [-0.05, 0) is 23.6 Å². The van der Waals surface area contributed by atoms with Crippen molar-refractivity contribution in [3.63, 3.8) is 0 Å². The van der Waals surface area contributed by atoms with Crippen LogP contribution in [0.1, 0.15) is 19.4 Å².